The van der Waals surface area contributed by atoms with Crippen LogP contribution in [0.1, 0.15) is 28.8 Å². The Labute approximate surface area is 125 Å². The number of nitrogens with two attached hydrogens (primary N) is 1. The van der Waals surface area contributed by atoms with E-state index in [1.54, 1.807) is 0 Å². The molecule has 0 unspecified atom stereocenters. The molecule has 0 aliphatic carbocycles. The highest BCUT2D eigenvalue weighted by molar-refractivity contribution is 7.99. The Hall–Kier alpha value is -1.37. The predicted octanol–water partition coefficient (Wildman–Crippen LogP) is 3.16. The molecular formula is C14H17F3N2OS. The second-order valence-corrected chi connectivity index (χ2v) is 6.26. The van der Waals surface area contributed by atoms with Crippen LogP contribution in [0.5, 0.6) is 0 Å². The average molecular weight is 318 g/mol. The summed E-state index contributed by atoms with van der Waals surface area (Å²) in [7, 11) is 0. The van der Waals surface area contributed by atoms with Gasteiger partial charge in [-0.25, -0.2) is 0 Å². The molecule has 0 spiro atoms. The number of nitrogen functional groups attached to an aromatic ring is 1. The van der Waals surface area contributed by atoms with Gasteiger partial charge in [0, 0.05) is 6.54 Å². The number of halogens is 3. The molecule has 0 saturated carbocycles. The standard InChI is InChI=1S/C14H17F3N2OS/c15-14(16,17)11-3-1-2-10(12(11)18)13(20)19-8-9-4-6-21-7-5-9/h1-3,9H,4-8,18H2,(H,19,20). The fraction of sp³-hybridized carbons (Fsp3) is 0.500. The number of benzene rings is 1. The zero-order valence-corrected chi connectivity index (χ0v) is 12.2. The molecule has 2 rings (SSSR count). The predicted molar refractivity (Wildman–Crippen MR) is 78.2 cm³/mol. The smallest absolute Gasteiger partial charge is 0.398 e. The van der Waals surface area contributed by atoms with Crippen LogP contribution in [0.4, 0.5) is 18.9 Å². The van der Waals surface area contributed by atoms with E-state index in [-0.39, 0.29) is 5.56 Å². The van der Waals surface area contributed by atoms with Crippen LogP contribution in [0.3, 0.4) is 0 Å². The first kappa shape index (κ1) is 16.0. The molecule has 3 N–H and O–H groups in total. The molecule has 1 saturated heterocycles. The summed E-state index contributed by atoms with van der Waals surface area (Å²) in [5.41, 5.74) is 3.90. The second-order valence-electron chi connectivity index (χ2n) is 5.03. The van der Waals surface area contributed by atoms with E-state index in [1.165, 1.54) is 12.1 Å². The molecule has 1 amide bonds. The molecule has 0 bridgehead atoms. The SMILES string of the molecule is Nc1c(C(=O)NCC2CCSCC2)cccc1C(F)(F)F. The Morgan fingerprint density at radius 1 is 1.33 bits per heavy atom. The van der Waals surface area contributed by atoms with Crippen molar-refractivity contribution in [1.82, 2.24) is 5.32 Å². The van der Waals surface area contributed by atoms with E-state index in [4.69, 9.17) is 5.73 Å². The first-order chi connectivity index (χ1) is 9.89. The number of anilines is 1. The highest BCUT2D eigenvalue weighted by Crippen LogP contribution is 2.34. The van der Waals surface area contributed by atoms with Crippen LogP contribution in [0.15, 0.2) is 18.2 Å². The maximum absolute atomic E-state index is 12.8. The molecule has 3 nitrogen and oxygen atoms in total. The van der Waals surface area contributed by atoms with Crippen molar-refractivity contribution in [2.45, 2.75) is 19.0 Å². The summed E-state index contributed by atoms with van der Waals surface area (Å²) in [5, 5.41) is 2.69. The van der Waals surface area contributed by atoms with Crippen LogP contribution < -0.4 is 11.1 Å². The van der Waals surface area contributed by atoms with E-state index in [1.807, 2.05) is 11.8 Å². The zero-order valence-electron chi connectivity index (χ0n) is 11.4. The quantitative estimate of drug-likeness (QED) is 0.842. The van der Waals surface area contributed by atoms with Gasteiger partial charge >= 0.3 is 6.18 Å². The van der Waals surface area contributed by atoms with Gasteiger partial charge in [-0.05, 0) is 42.4 Å². The van der Waals surface area contributed by atoms with Crippen LogP contribution in [-0.2, 0) is 6.18 Å². The van der Waals surface area contributed by atoms with Crippen LogP contribution in [0.25, 0.3) is 0 Å². The summed E-state index contributed by atoms with van der Waals surface area (Å²) in [6, 6.07) is 3.40. The van der Waals surface area contributed by atoms with Crippen molar-refractivity contribution in [1.29, 1.82) is 0 Å². The van der Waals surface area contributed by atoms with Crippen molar-refractivity contribution in [2.75, 3.05) is 23.8 Å². The maximum Gasteiger partial charge on any atom is 0.418 e. The van der Waals surface area contributed by atoms with Crippen LogP contribution >= 0.6 is 11.8 Å². The van der Waals surface area contributed by atoms with Gasteiger partial charge in [-0.3, -0.25) is 4.79 Å². The van der Waals surface area contributed by atoms with Crippen molar-refractivity contribution in [3.8, 4) is 0 Å². The number of hydrogen-bond donors (Lipinski definition) is 2. The number of para-hydroxylation sites is 1. The molecule has 0 radical (unpaired) electrons. The summed E-state index contributed by atoms with van der Waals surface area (Å²) in [6.07, 6.45) is -2.52. The molecule has 1 aromatic carbocycles. The van der Waals surface area contributed by atoms with E-state index in [0.717, 1.165) is 30.4 Å². The molecule has 21 heavy (non-hydrogen) atoms. The number of rotatable bonds is 3. The molecule has 116 valence electrons. The lowest BCUT2D eigenvalue weighted by Gasteiger charge is -2.21. The third kappa shape index (κ3) is 4.06. The van der Waals surface area contributed by atoms with Crippen molar-refractivity contribution >= 4 is 23.4 Å². The van der Waals surface area contributed by atoms with Gasteiger partial charge in [0.2, 0.25) is 0 Å². The summed E-state index contributed by atoms with van der Waals surface area (Å²) in [6.45, 7) is 0.481. The molecule has 1 fully saturated rings. The van der Waals surface area contributed by atoms with Crippen LogP contribution in [-0.4, -0.2) is 24.0 Å². The van der Waals surface area contributed by atoms with Crippen molar-refractivity contribution in [3.63, 3.8) is 0 Å². The molecule has 1 heterocycles. The molecule has 7 heteroatoms. The third-order valence-corrected chi connectivity index (χ3v) is 4.60. The number of thioether (sulfide) groups is 1. The minimum Gasteiger partial charge on any atom is -0.398 e. The third-order valence-electron chi connectivity index (χ3n) is 3.55. The van der Waals surface area contributed by atoms with Crippen molar-refractivity contribution < 1.29 is 18.0 Å². The number of carbonyl (C=O) groups excluding carboxylic acids is 1. The van der Waals surface area contributed by atoms with Gasteiger partial charge in [0.05, 0.1) is 16.8 Å². The highest BCUT2D eigenvalue weighted by Gasteiger charge is 2.34. The summed E-state index contributed by atoms with van der Waals surface area (Å²) >= 11 is 1.88. The van der Waals surface area contributed by atoms with E-state index in [2.05, 4.69) is 5.32 Å². The average Bonchev–Trinajstić information content (AvgIpc) is 2.45. The van der Waals surface area contributed by atoms with Crippen LogP contribution in [0.2, 0.25) is 0 Å². The van der Waals surface area contributed by atoms with E-state index in [0.29, 0.717) is 12.5 Å². The topological polar surface area (TPSA) is 55.1 Å². The maximum atomic E-state index is 12.8. The number of alkyl halides is 3. The molecule has 0 aromatic heterocycles. The van der Waals surface area contributed by atoms with Gasteiger partial charge in [-0.2, -0.15) is 24.9 Å². The van der Waals surface area contributed by atoms with Crippen molar-refractivity contribution in [3.05, 3.63) is 29.3 Å². The second kappa shape index (κ2) is 6.60. The minimum atomic E-state index is -4.55. The zero-order chi connectivity index (χ0) is 15.5. The summed E-state index contributed by atoms with van der Waals surface area (Å²) < 4.78 is 38.3. The Kier molecular flexibility index (Phi) is 5.03. The monoisotopic (exact) mass is 318 g/mol. The summed E-state index contributed by atoms with van der Waals surface area (Å²) in [4.78, 5) is 12.0. The Balaban J connectivity index is 2.05. The van der Waals surface area contributed by atoms with Gasteiger partial charge in [-0.1, -0.05) is 6.07 Å². The normalized spacial score (nSPS) is 16.7. The Morgan fingerprint density at radius 3 is 2.62 bits per heavy atom. The van der Waals surface area contributed by atoms with E-state index >= 15 is 0 Å². The fourth-order valence-electron chi connectivity index (χ4n) is 2.29. The molecule has 1 aliphatic rings. The van der Waals surface area contributed by atoms with Gasteiger partial charge in [-0.15, -0.1) is 0 Å². The van der Waals surface area contributed by atoms with Gasteiger partial charge < -0.3 is 11.1 Å². The summed E-state index contributed by atoms with van der Waals surface area (Å²) in [5.74, 6) is 1.97. The van der Waals surface area contributed by atoms with Gasteiger partial charge in [0.25, 0.3) is 5.91 Å². The van der Waals surface area contributed by atoms with Crippen molar-refractivity contribution in [2.24, 2.45) is 5.92 Å². The first-order valence-electron chi connectivity index (χ1n) is 6.71. The molecule has 1 aliphatic heterocycles. The number of carbonyl (C=O) groups is 1. The molecule has 1 aromatic rings. The minimum absolute atomic E-state index is 0.116. The van der Waals surface area contributed by atoms with E-state index in [9.17, 15) is 18.0 Å². The first-order valence-corrected chi connectivity index (χ1v) is 7.86. The molecule has 0 atom stereocenters. The van der Waals surface area contributed by atoms with Gasteiger partial charge in [0.1, 0.15) is 0 Å². The number of amides is 1. The largest absolute Gasteiger partial charge is 0.418 e. The van der Waals surface area contributed by atoms with Gasteiger partial charge in [0.15, 0.2) is 0 Å². The lowest BCUT2D eigenvalue weighted by Crippen LogP contribution is -2.31. The fourth-order valence-corrected chi connectivity index (χ4v) is 3.50. The Bertz CT molecular complexity index is 513. The molecular weight excluding hydrogens is 301 g/mol. The Morgan fingerprint density at radius 2 is 2.00 bits per heavy atom. The van der Waals surface area contributed by atoms with E-state index < -0.39 is 23.3 Å². The number of hydrogen-bond acceptors (Lipinski definition) is 3. The number of nitrogens with one attached hydrogen (secondary N) is 1. The van der Waals surface area contributed by atoms with Crippen LogP contribution in [0, 0.1) is 5.92 Å². The highest BCUT2D eigenvalue weighted by atomic mass is 32.2. The lowest BCUT2D eigenvalue weighted by molar-refractivity contribution is -0.136. The lowest BCUT2D eigenvalue weighted by atomic mass is 10.0.